The Hall–Kier alpha value is -1.97. The van der Waals surface area contributed by atoms with E-state index in [1.807, 2.05) is 12.1 Å². The van der Waals surface area contributed by atoms with Gasteiger partial charge < -0.3 is 0 Å². The van der Waals surface area contributed by atoms with Crippen LogP contribution in [-0.2, 0) is 0 Å². The van der Waals surface area contributed by atoms with E-state index in [2.05, 4.69) is 41.6 Å². The fourth-order valence-electron chi connectivity index (χ4n) is 3.98. The third-order valence-electron chi connectivity index (χ3n) is 5.44. The van der Waals surface area contributed by atoms with Gasteiger partial charge in [0.15, 0.2) is 5.82 Å². The number of rotatable bonds is 7. The first kappa shape index (κ1) is 17.8. The molecule has 1 aliphatic carbocycles. The zero-order valence-electron chi connectivity index (χ0n) is 15.5. The lowest BCUT2D eigenvalue weighted by atomic mass is 9.78. The molecule has 1 aromatic heterocycles. The van der Waals surface area contributed by atoms with E-state index in [4.69, 9.17) is 5.10 Å². The SMILES string of the molecule is CCCC(CC(C)C1CCCCC1)=NNc1nncc2ccccc12. The van der Waals surface area contributed by atoms with Gasteiger partial charge in [0.1, 0.15) is 0 Å². The molecule has 1 N–H and O–H groups in total. The first-order chi connectivity index (χ1) is 12.3. The molecular formula is C21H30N4. The Morgan fingerprint density at radius 1 is 1.24 bits per heavy atom. The molecule has 3 rings (SSSR count). The summed E-state index contributed by atoms with van der Waals surface area (Å²) in [4.78, 5) is 0. The number of hydrogen-bond donors (Lipinski definition) is 1. The topological polar surface area (TPSA) is 50.2 Å². The molecule has 4 nitrogen and oxygen atoms in total. The van der Waals surface area contributed by atoms with Crippen LogP contribution in [0.2, 0.25) is 0 Å². The second-order valence-electron chi connectivity index (χ2n) is 7.40. The fraction of sp³-hybridized carbons (Fsp3) is 0.571. The number of hydrazone groups is 1. The third-order valence-corrected chi connectivity index (χ3v) is 5.44. The Balaban J connectivity index is 1.70. The highest BCUT2D eigenvalue weighted by Crippen LogP contribution is 2.32. The summed E-state index contributed by atoms with van der Waals surface area (Å²) >= 11 is 0. The molecule has 134 valence electrons. The van der Waals surface area contributed by atoms with Crippen molar-refractivity contribution in [2.45, 2.75) is 65.2 Å². The van der Waals surface area contributed by atoms with Crippen molar-refractivity contribution >= 4 is 22.3 Å². The zero-order valence-corrected chi connectivity index (χ0v) is 15.5. The summed E-state index contributed by atoms with van der Waals surface area (Å²) < 4.78 is 0. The van der Waals surface area contributed by atoms with Crippen LogP contribution in [-0.4, -0.2) is 15.9 Å². The lowest BCUT2D eigenvalue weighted by Gasteiger charge is -2.28. The van der Waals surface area contributed by atoms with Gasteiger partial charge in [-0.1, -0.05) is 76.6 Å². The maximum absolute atomic E-state index is 4.73. The van der Waals surface area contributed by atoms with Crippen LogP contribution in [0.1, 0.15) is 65.2 Å². The van der Waals surface area contributed by atoms with Crippen LogP contribution in [0, 0.1) is 11.8 Å². The van der Waals surface area contributed by atoms with Gasteiger partial charge in [-0.2, -0.15) is 10.2 Å². The Morgan fingerprint density at radius 2 is 2.04 bits per heavy atom. The molecule has 1 atom stereocenters. The number of fused-ring (bicyclic) bond motifs is 1. The van der Waals surface area contributed by atoms with E-state index in [9.17, 15) is 0 Å². The molecule has 0 aliphatic heterocycles. The van der Waals surface area contributed by atoms with Crippen molar-refractivity contribution < 1.29 is 0 Å². The largest absolute Gasteiger partial charge is 0.259 e. The molecule has 25 heavy (non-hydrogen) atoms. The quantitative estimate of drug-likeness (QED) is 0.512. The molecule has 1 aliphatic rings. The molecular weight excluding hydrogens is 308 g/mol. The van der Waals surface area contributed by atoms with Crippen molar-refractivity contribution in [3.63, 3.8) is 0 Å². The summed E-state index contributed by atoms with van der Waals surface area (Å²) in [5.74, 6) is 2.33. The van der Waals surface area contributed by atoms with E-state index < -0.39 is 0 Å². The smallest absolute Gasteiger partial charge is 0.176 e. The second-order valence-corrected chi connectivity index (χ2v) is 7.40. The normalized spacial score (nSPS) is 17.6. The number of aromatic nitrogens is 2. The van der Waals surface area contributed by atoms with E-state index in [0.717, 1.165) is 41.8 Å². The monoisotopic (exact) mass is 338 g/mol. The molecule has 2 aromatic rings. The van der Waals surface area contributed by atoms with E-state index >= 15 is 0 Å². The first-order valence-corrected chi connectivity index (χ1v) is 9.79. The van der Waals surface area contributed by atoms with Crippen molar-refractivity contribution in [2.75, 3.05) is 5.43 Å². The first-order valence-electron chi connectivity index (χ1n) is 9.79. The molecule has 1 unspecified atom stereocenters. The Bertz CT molecular complexity index is 699. The second kappa shape index (κ2) is 8.93. The zero-order chi connectivity index (χ0) is 17.5. The molecule has 0 radical (unpaired) electrons. The van der Waals surface area contributed by atoms with E-state index in [-0.39, 0.29) is 0 Å². The molecule has 1 heterocycles. The molecule has 0 amide bonds. The van der Waals surface area contributed by atoms with Gasteiger partial charge in [0.25, 0.3) is 0 Å². The minimum Gasteiger partial charge on any atom is -0.259 e. The standard InChI is InChI=1S/C21H30N4/c1-3-9-19(14-16(2)17-10-5-4-6-11-17)23-25-21-20-13-8-7-12-18(20)15-22-24-21/h7-8,12-13,15-17H,3-6,9-11,14H2,1-2H3,(H,24,25). The highest BCUT2D eigenvalue weighted by molar-refractivity contribution is 5.92. The summed E-state index contributed by atoms with van der Waals surface area (Å²) in [6, 6.07) is 8.16. The molecule has 1 saturated carbocycles. The van der Waals surface area contributed by atoms with Gasteiger partial charge in [-0.3, -0.25) is 5.43 Å². The maximum Gasteiger partial charge on any atom is 0.176 e. The summed E-state index contributed by atoms with van der Waals surface area (Å²) in [5, 5.41) is 15.2. The van der Waals surface area contributed by atoms with Gasteiger partial charge in [-0.25, -0.2) is 0 Å². The number of anilines is 1. The predicted molar refractivity (Wildman–Crippen MR) is 106 cm³/mol. The van der Waals surface area contributed by atoms with Crippen LogP contribution in [0.15, 0.2) is 35.6 Å². The van der Waals surface area contributed by atoms with Gasteiger partial charge in [0, 0.05) is 16.5 Å². The number of hydrogen-bond acceptors (Lipinski definition) is 4. The van der Waals surface area contributed by atoms with Gasteiger partial charge in [-0.15, -0.1) is 5.10 Å². The molecule has 0 saturated heterocycles. The number of nitrogens with zero attached hydrogens (tertiary/aromatic N) is 3. The van der Waals surface area contributed by atoms with Crippen LogP contribution in [0.25, 0.3) is 10.8 Å². The van der Waals surface area contributed by atoms with E-state index in [1.54, 1.807) is 6.20 Å². The van der Waals surface area contributed by atoms with Crippen LogP contribution in [0.3, 0.4) is 0 Å². The van der Waals surface area contributed by atoms with E-state index in [1.165, 1.54) is 37.8 Å². The van der Waals surface area contributed by atoms with E-state index in [0.29, 0.717) is 5.92 Å². The van der Waals surface area contributed by atoms with Crippen molar-refractivity contribution in [2.24, 2.45) is 16.9 Å². The Morgan fingerprint density at radius 3 is 2.84 bits per heavy atom. The fourth-order valence-corrected chi connectivity index (χ4v) is 3.98. The Kier molecular flexibility index (Phi) is 6.37. The van der Waals surface area contributed by atoms with Crippen LogP contribution < -0.4 is 5.43 Å². The minimum atomic E-state index is 0.714. The van der Waals surface area contributed by atoms with Gasteiger partial charge in [-0.05, 0) is 24.7 Å². The third kappa shape index (κ3) is 4.77. The summed E-state index contributed by atoms with van der Waals surface area (Å²) in [6.45, 7) is 4.62. The predicted octanol–water partition coefficient (Wildman–Crippen LogP) is 5.80. The summed E-state index contributed by atoms with van der Waals surface area (Å²) in [6.07, 6.45) is 12.1. The average molecular weight is 338 g/mol. The summed E-state index contributed by atoms with van der Waals surface area (Å²) in [5.41, 5.74) is 4.45. The summed E-state index contributed by atoms with van der Waals surface area (Å²) in [7, 11) is 0. The van der Waals surface area contributed by atoms with Crippen molar-refractivity contribution in [1.82, 2.24) is 10.2 Å². The van der Waals surface area contributed by atoms with Crippen LogP contribution in [0.4, 0.5) is 5.82 Å². The molecule has 1 fully saturated rings. The molecule has 1 aromatic carbocycles. The van der Waals surface area contributed by atoms with Gasteiger partial charge in [0.2, 0.25) is 0 Å². The minimum absolute atomic E-state index is 0.714. The van der Waals surface area contributed by atoms with Crippen LogP contribution in [0.5, 0.6) is 0 Å². The Labute approximate surface area is 151 Å². The number of benzene rings is 1. The maximum atomic E-state index is 4.73. The highest BCUT2D eigenvalue weighted by atomic mass is 15.3. The highest BCUT2D eigenvalue weighted by Gasteiger charge is 2.21. The van der Waals surface area contributed by atoms with Gasteiger partial charge in [0.05, 0.1) is 6.20 Å². The average Bonchev–Trinajstić information content (AvgIpc) is 2.67. The van der Waals surface area contributed by atoms with Gasteiger partial charge >= 0.3 is 0 Å². The lowest BCUT2D eigenvalue weighted by molar-refractivity contribution is 0.268. The molecule has 4 heteroatoms. The number of nitrogens with one attached hydrogen (secondary N) is 1. The van der Waals surface area contributed by atoms with Crippen molar-refractivity contribution in [3.05, 3.63) is 30.5 Å². The van der Waals surface area contributed by atoms with Crippen molar-refractivity contribution in [1.29, 1.82) is 0 Å². The van der Waals surface area contributed by atoms with Crippen LogP contribution >= 0.6 is 0 Å². The molecule has 0 bridgehead atoms. The van der Waals surface area contributed by atoms with Crippen molar-refractivity contribution in [3.8, 4) is 0 Å². The molecule has 0 spiro atoms. The lowest BCUT2D eigenvalue weighted by Crippen LogP contribution is -2.19.